The predicted octanol–water partition coefficient (Wildman–Crippen LogP) is 3.34. The normalized spacial score (nSPS) is 19.2. The van der Waals surface area contributed by atoms with Crippen molar-refractivity contribution in [1.29, 1.82) is 0 Å². The molecule has 6 nitrogen and oxygen atoms in total. The van der Waals surface area contributed by atoms with E-state index in [-0.39, 0.29) is 36.3 Å². The third-order valence-corrected chi connectivity index (χ3v) is 5.47. The summed E-state index contributed by atoms with van der Waals surface area (Å²) in [5.41, 5.74) is 2.82. The Bertz CT molecular complexity index is 875. The molecule has 1 aliphatic rings. The number of rotatable bonds is 6. The largest absolute Gasteiger partial charge is 0.446 e. The lowest BCUT2D eigenvalue weighted by molar-refractivity contribution is 0.00105. The van der Waals surface area contributed by atoms with Gasteiger partial charge in [0.2, 0.25) is 0 Å². The molecule has 1 aliphatic heterocycles. The minimum Gasteiger partial charge on any atom is -0.446 e. The maximum absolute atomic E-state index is 12.5. The van der Waals surface area contributed by atoms with E-state index in [1.165, 1.54) is 4.57 Å². The summed E-state index contributed by atoms with van der Waals surface area (Å²) in [7, 11) is 1.73. The molecule has 0 aliphatic carbocycles. The van der Waals surface area contributed by atoms with Crippen molar-refractivity contribution in [3.05, 3.63) is 58.5 Å². The number of aliphatic hydroxyl groups is 1. The fourth-order valence-corrected chi connectivity index (χ4v) is 3.55. The van der Waals surface area contributed by atoms with Crippen LogP contribution in [0.2, 0.25) is 0 Å². The second-order valence-electron chi connectivity index (χ2n) is 7.67. The van der Waals surface area contributed by atoms with Crippen molar-refractivity contribution in [2.45, 2.75) is 38.8 Å². The van der Waals surface area contributed by atoms with Crippen molar-refractivity contribution in [3.8, 4) is 11.1 Å². The fourth-order valence-electron chi connectivity index (χ4n) is 3.55. The van der Waals surface area contributed by atoms with Gasteiger partial charge in [-0.15, -0.1) is 0 Å². The van der Waals surface area contributed by atoms with Crippen LogP contribution in [0.5, 0.6) is 0 Å². The van der Waals surface area contributed by atoms with Crippen molar-refractivity contribution in [3.63, 3.8) is 0 Å². The Morgan fingerprint density at radius 3 is 2.46 bits per heavy atom. The number of ether oxygens (including phenoxy) is 1. The molecule has 6 heteroatoms. The minimum absolute atomic E-state index is 0.0453. The highest BCUT2D eigenvalue weighted by atomic mass is 16.6. The van der Waals surface area contributed by atoms with Gasteiger partial charge in [0.25, 0.3) is 5.56 Å². The Balaban J connectivity index is 1.68. The SMILES string of the molecule is CC(CO)CC1CCN(C(C)c2ccc(-c3ccn(C)c(=O)c3)cc2)C(=O)O1. The predicted molar refractivity (Wildman–Crippen MR) is 108 cm³/mol. The van der Waals surface area contributed by atoms with Gasteiger partial charge in [-0.05, 0) is 42.0 Å². The van der Waals surface area contributed by atoms with Crippen LogP contribution in [0.4, 0.5) is 4.79 Å². The zero-order valence-corrected chi connectivity index (χ0v) is 16.7. The lowest BCUT2D eigenvalue weighted by Crippen LogP contribution is -2.43. The number of cyclic esters (lactones) is 1. The molecule has 1 N–H and O–H groups in total. The van der Waals surface area contributed by atoms with E-state index in [4.69, 9.17) is 4.74 Å². The highest BCUT2D eigenvalue weighted by Gasteiger charge is 2.31. The van der Waals surface area contributed by atoms with E-state index < -0.39 is 0 Å². The van der Waals surface area contributed by atoms with Gasteiger partial charge in [-0.3, -0.25) is 4.79 Å². The first kappa shape index (κ1) is 20.1. The first-order valence-corrected chi connectivity index (χ1v) is 9.74. The summed E-state index contributed by atoms with van der Waals surface area (Å²) < 4.78 is 7.11. The maximum Gasteiger partial charge on any atom is 0.410 e. The molecule has 1 aromatic carbocycles. The van der Waals surface area contributed by atoms with Crippen LogP contribution in [0.1, 0.15) is 38.3 Å². The van der Waals surface area contributed by atoms with E-state index >= 15 is 0 Å². The molecule has 0 spiro atoms. The lowest BCUT2D eigenvalue weighted by Gasteiger charge is -2.36. The van der Waals surface area contributed by atoms with E-state index in [0.29, 0.717) is 13.0 Å². The highest BCUT2D eigenvalue weighted by molar-refractivity contribution is 5.69. The zero-order valence-electron chi connectivity index (χ0n) is 16.7. The van der Waals surface area contributed by atoms with Crippen LogP contribution in [-0.4, -0.2) is 39.9 Å². The fraction of sp³-hybridized carbons (Fsp3) is 0.455. The van der Waals surface area contributed by atoms with Crippen molar-refractivity contribution < 1.29 is 14.6 Å². The maximum atomic E-state index is 12.5. The summed E-state index contributed by atoms with van der Waals surface area (Å²) in [5, 5.41) is 9.18. The third kappa shape index (κ3) is 4.44. The van der Waals surface area contributed by atoms with Crippen molar-refractivity contribution in [1.82, 2.24) is 9.47 Å². The molecule has 150 valence electrons. The Morgan fingerprint density at radius 2 is 1.86 bits per heavy atom. The summed E-state index contributed by atoms with van der Waals surface area (Å²) >= 11 is 0. The molecule has 28 heavy (non-hydrogen) atoms. The molecule has 0 bridgehead atoms. The molecule has 3 unspecified atom stereocenters. The molecule has 2 heterocycles. The summed E-state index contributed by atoms with van der Waals surface area (Å²) in [6, 6.07) is 11.4. The van der Waals surface area contributed by atoms with Crippen molar-refractivity contribution >= 4 is 6.09 Å². The van der Waals surface area contributed by atoms with E-state index in [0.717, 1.165) is 23.1 Å². The van der Waals surface area contributed by atoms with Crippen LogP contribution < -0.4 is 5.56 Å². The monoisotopic (exact) mass is 384 g/mol. The smallest absolute Gasteiger partial charge is 0.410 e. The van der Waals surface area contributed by atoms with Crippen LogP contribution in [0.25, 0.3) is 11.1 Å². The summed E-state index contributed by atoms with van der Waals surface area (Å²) in [6.07, 6.45) is 2.79. The first-order valence-electron chi connectivity index (χ1n) is 9.74. The molecule has 0 radical (unpaired) electrons. The lowest BCUT2D eigenvalue weighted by atomic mass is 9.99. The average Bonchev–Trinajstić information content (AvgIpc) is 2.70. The Morgan fingerprint density at radius 1 is 1.14 bits per heavy atom. The number of carbonyl (C=O) groups is 1. The van der Waals surface area contributed by atoms with Gasteiger partial charge in [0.1, 0.15) is 6.10 Å². The van der Waals surface area contributed by atoms with Crippen LogP contribution in [0, 0.1) is 5.92 Å². The number of hydrogen-bond donors (Lipinski definition) is 1. The van der Waals surface area contributed by atoms with E-state index in [1.807, 2.05) is 44.2 Å². The second-order valence-corrected chi connectivity index (χ2v) is 7.67. The van der Waals surface area contributed by atoms with Crippen LogP contribution in [-0.2, 0) is 11.8 Å². The van der Waals surface area contributed by atoms with Gasteiger partial charge in [-0.2, -0.15) is 0 Å². The van der Waals surface area contributed by atoms with Gasteiger partial charge in [0.05, 0.1) is 6.04 Å². The van der Waals surface area contributed by atoms with E-state index in [9.17, 15) is 14.7 Å². The van der Waals surface area contributed by atoms with Crippen LogP contribution in [0.3, 0.4) is 0 Å². The quantitative estimate of drug-likeness (QED) is 0.829. The zero-order chi connectivity index (χ0) is 20.3. The molecule has 3 rings (SSSR count). The molecule has 1 fully saturated rings. The molecule has 1 aromatic heterocycles. The number of hydrogen-bond acceptors (Lipinski definition) is 4. The molecule has 1 saturated heterocycles. The summed E-state index contributed by atoms with van der Waals surface area (Å²) in [4.78, 5) is 26.0. The number of pyridine rings is 1. The number of aryl methyl sites for hydroxylation is 1. The van der Waals surface area contributed by atoms with Gasteiger partial charge in [0, 0.05) is 38.9 Å². The van der Waals surface area contributed by atoms with Gasteiger partial charge in [-0.25, -0.2) is 4.79 Å². The van der Waals surface area contributed by atoms with Gasteiger partial charge < -0.3 is 19.3 Å². The third-order valence-electron chi connectivity index (χ3n) is 5.47. The Kier molecular flexibility index (Phi) is 6.19. The minimum atomic E-state index is -0.301. The second kappa shape index (κ2) is 8.61. The standard InChI is InChI=1S/C22H28N2O4/c1-15(14-25)12-20-9-11-24(22(27)28-20)16(2)17-4-6-18(7-5-17)19-8-10-23(3)21(26)13-19/h4-8,10,13,15-16,20,25H,9,11-12,14H2,1-3H3. The molecular formula is C22H28N2O4. The number of aliphatic hydroxyl groups excluding tert-OH is 1. The van der Waals surface area contributed by atoms with Crippen LogP contribution >= 0.6 is 0 Å². The van der Waals surface area contributed by atoms with E-state index in [1.54, 1.807) is 24.2 Å². The number of amides is 1. The van der Waals surface area contributed by atoms with Gasteiger partial charge >= 0.3 is 6.09 Å². The highest BCUT2D eigenvalue weighted by Crippen LogP contribution is 2.28. The Hall–Kier alpha value is -2.60. The molecule has 0 saturated carbocycles. The molecular weight excluding hydrogens is 356 g/mol. The van der Waals surface area contributed by atoms with E-state index in [2.05, 4.69) is 0 Å². The first-order chi connectivity index (χ1) is 13.4. The summed E-state index contributed by atoms with van der Waals surface area (Å²) in [6.45, 7) is 4.69. The number of nitrogens with zero attached hydrogens (tertiary/aromatic N) is 2. The summed E-state index contributed by atoms with van der Waals surface area (Å²) in [5.74, 6) is 0.129. The topological polar surface area (TPSA) is 71.8 Å². The number of aromatic nitrogens is 1. The molecule has 1 amide bonds. The van der Waals surface area contributed by atoms with Crippen molar-refractivity contribution in [2.75, 3.05) is 13.2 Å². The van der Waals surface area contributed by atoms with Crippen LogP contribution in [0.15, 0.2) is 47.4 Å². The molecule has 3 atom stereocenters. The van der Waals surface area contributed by atoms with Gasteiger partial charge in [-0.1, -0.05) is 31.2 Å². The average molecular weight is 384 g/mol. The number of benzene rings is 1. The Labute approximate surface area is 165 Å². The van der Waals surface area contributed by atoms with Gasteiger partial charge in [0.15, 0.2) is 0 Å². The molecule has 2 aromatic rings. The number of carbonyl (C=O) groups excluding carboxylic acids is 1. The van der Waals surface area contributed by atoms with Crippen molar-refractivity contribution in [2.24, 2.45) is 13.0 Å².